The molecule has 1 N–H and O–H groups in total. The minimum absolute atomic E-state index is 0.0233. The highest BCUT2D eigenvalue weighted by atomic mass is 16.2. The average Bonchev–Trinajstić information content (AvgIpc) is 3.32. The fraction of sp³-hybridized carbons (Fsp3) is 0.364. The molecule has 4 heterocycles. The largest absolute Gasteiger partial charge is 0.331 e. The van der Waals surface area contributed by atoms with Crippen LogP contribution in [0.1, 0.15) is 47.4 Å². The molecule has 1 fully saturated rings. The van der Waals surface area contributed by atoms with Gasteiger partial charge in [0, 0.05) is 49.4 Å². The van der Waals surface area contributed by atoms with E-state index in [1.54, 1.807) is 24.7 Å². The molecule has 0 saturated carbocycles. The zero-order valence-corrected chi connectivity index (χ0v) is 18.2. The van der Waals surface area contributed by atoms with Crippen LogP contribution in [-0.2, 0) is 11.8 Å². The Hall–Kier alpha value is -3.62. The number of rotatable bonds is 5. The lowest BCUT2D eigenvalue weighted by molar-refractivity contribution is -0.126. The van der Waals surface area contributed by atoms with Gasteiger partial charge in [-0.2, -0.15) is 5.10 Å². The van der Waals surface area contributed by atoms with Gasteiger partial charge >= 0.3 is 0 Å². The summed E-state index contributed by atoms with van der Waals surface area (Å²) >= 11 is 0. The molecule has 1 aliphatic rings. The number of amides is 1. The van der Waals surface area contributed by atoms with E-state index in [0.717, 1.165) is 35.5 Å². The summed E-state index contributed by atoms with van der Waals surface area (Å²) < 4.78 is 1.83. The first-order chi connectivity index (χ1) is 14.9. The second kappa shape index (κ2) is 8.63. The highest BCUT2D eigenvalue weighted by molar-refractivity contribution is 5.92. The summed E-state index contributed by atoms with van der Waals surface area (Å²) in [6.45, 7) is 6.50. The molecule has 0 spiro atoms. The molecule has 1 atom stereocenters. The van der Waals surface area contributed by atoms with Crippen molar-refractivity contribution in [1.29, 1.82) is 0 Å². The molecule has 1 aliphatic heterocycles. The third kappa shape index (κ3) is 4.45. The molecule has 0 aromatic carbocycles. The van der Waals surface area contributed by atoms with E-state index < -0.39 is 0 Å². The quantitative estimate of drug-likeness (QED) is 0.635. The van der Waals surface area contributed by atoms with Gasteiger partial charge in [-0.3, -0.25) is 14.5 Å². The lowest BCUT2D eigenvalue weighted by atomic mass is 10.1. The molecule has 9 nitrogen and oxygen atoms in total. The molecule has 4 rings (SSSR count). The van der Waals surface area contributed by atoms with Gasteiger partial charge < -0.3 is 10.2 Å². The smallest absolute Gasteiger partial charge is 0.247 e. The minimum atomic E-state index is -0.0858. The van der Waals surface area contributed by atoms with Crippen molar-refractivity contribution in [1.82, 2.24) is 34.6 Å². The standard InChI is InChI=1S/C22H26N8O/c1-14-17(15(2)29(4)28-14)7-8-22(31)30-11-5-6-19(30)18-12-20(26-16(3)25-18)27-21-13-23-9-10-24-21/h7-10,12-13,19H,5-6,11H2,1-4H3,(H,24,25,26,27)/b8-7+/t19-/m0/s1. The minimum Gasteiger partial charge on any atom is -0.331 e. The third-order valence-corrected chi connectivity index (χ3v) is 5.51. The highest BCUT2D eigenvalue weighted by Gasteiger charge is 2.30. The van der Waals surface area contributed by atoms with Crippen molar-refractivity contribution < 1.29 is 4.79 Å². The van der Waals surface area contributed by atoms with E-state index >= 15 is 0 Å². The van der Waals surface area contributed by atoms with Crippen LogP contribution in [0, 0.1) is 20.8 Å². The topological polar surface area (TPSA) is 102 Å². The van der Waals surface area contributed by atoms with E-state index in [9.17, 15) is 4.79 Å². The van der Waals surface area contributed by atoms with Gasteiger partial charge in [0.05, 0.1) is 23.6 Å². The van der Waals surface area contributed by atoms with Crippen LogP contribution in [0.3, 0.4) is 0 Å². The number of aryl methyl sites for hydroxylation is 3. The van der Waals surface area contributed by atoms with Crippen LogP contribution in [-0.4, -0.2) is 47.1 Å². The van der Waals surface area contributed by atoms with E-state index in [1.807, 2.05) is 49.5 Å². The zero-order valence-electron chi connectivity index (χ0n) is 18.2. The van der Waals surface area contributed by atoms with Gasteiger partial charge in [0.15, 0.2) is 0 Å². The summed E-state index contributed by atoms with van der Waals surface area (Å²) in [6.07, 6.45) is 10.2. The Labute approximate surface area is 181 Å². The van der Waals surface area contributed by atoms with E-state index in [-0.39, 0.29) is 11.9 Å². The number of nitrogens with one attached hydrogen (secondary N) is 1. The van der Waals surface area contributed by atoms with Gasteiger partial charge in [-0.05, 0) is 39.7 Å². The fourth-order valence-corrected chi connectivity index (χ4v) is 3.94. The Morgan fingerprint density at radius 3 is 2.74 bits per heavy atom. The molecule has 3 aromatic heterocycles. The number of carbonyl (C=O) groups is 1. The van der Waals surface area contributed by atoms with E-state index in [4.69, 9.17) is 0 Å². The first-order valence-electron chi connectivity index (χ1n) is 10.3. The first-order valence-corrected chi connectivity index (χ1v) is 10.3. The molecular weight excluding hydrogens is 392 g/mol. The molecule has 160 valence electrons. The van der Waals surface area contributed by atoms with Crippen molar-refractivity contribution >= 4 is 23.6 Å². The number of aromatic nitrogens is 6. The lowest BCUT2D eigenvalue weighted by Gasteiger charge is -2.23. The van der Waals surface area contributed by atoms with Crippen molar-refractivity contribution in [2.24, 2.45) is 7.05 Å². The van der Waals surface area contributed by atoms with Crippen molar-refractivity contribution in [2.45, 2.75) is 39.7 Å². The number of hydrogen-bond acceptors (Lipinski definition) is 7. The van der Waals surface area contributed by atoms with Crippen molar-refractivity contribution in [3.8, 4) is 0 Å². The number of hydrogen-bond donors (Lipinski definition) is 1. The van der Waals surface area contributed by atoms with Crippen LogP contribution in [0.5, 0.6) is 0 Å². The van der Waals surface area contributed by atoms with Gasteiger partial charge in [-0.15, -0.1) is 0 Å². The molecule has 0 radical (unpaired) electrons. The van der Waals surface area contributed by atoms with Crippen molar-refractivity contribution in [2.75, 3.05) is 11.9 Å². The first kappa shape index (κ1) is 20.6. The van der Waals surface area contributed by atoms with Crippen molar-refractivity contribution in [3.63, 3.8) is 0 Å². The summed E-state index contributed by atoms with van der Waals surface area (Å²) in [5.41, 5.74) is 3.76. The van der Waals surface area contributed by atoms with E-state index in [0.29, 0.717) is 24.0 Å². The SMILES string of the molecule is Cc1nc(Nc2cnccn2)cc([C@@H]2CCCN2C(=O)/C=C/c2c(C)nn(C)c2C)n1. The van der Waals surface area contributed by atoms with Gasteiger partial charge in [-0.1, -0.05) is 0 Å². The number of carbonyl (C=O) groups excluding carboxylic acids is 1. The van der Waals surface area contributed by atoms with Crippen LogP contribution < -0.4 is 5.32 Å². The monoisotopic (exact) mass is 418 g/mol. The third-order valence-electron chi connectivity index (χ3n) is 5.51. The molecular formula is C22H26N8O. The normalized spacial score (nSPS) is 16.3. The fourth-order valence-electron chi connectivity index (χ4n) is 3.94. The maximum atomic E-state index is 13.0. The molecule has 3 aromatic rings. The number of likely N-dealkylation sites (tertiary alicyclic amines) is 1. The molecule has 31 heavy (non-hydrogen) atoms. The molecule has 9 heteroatoms. The summed E-state index contributed by atoms with van der Waals surface area (Å²) in [5.74, 6) is 1.86. The van der Waals surface area contributed by atoms with Gasteiger partial charge in [0.25, 0.3) is 0 Å². The molecule has 1 saturated heterocycles. The Morgan fingerprint density at radius 2 is 2.03 bits per heavy atom. The number of anilines is 2. The van der Waals surface area contributed by atoms with E-state index in [1.165, 1.54) is 0 Å². The Balaban J connectivity index is 1.55. The predicted octanol–water partition coefficient (Wildman–Crippen LogP) is 3.05. The van der Waals surface area contributed by atoms with Gasteiger partial charge in [0.2, 0.25) is 5.91 Å². The van der Waals surface area contributed by atoms with Crippen LogP contribution in [0.25, 0.3) is 6.08 Å². The van der Waals surface area contributed by atoms with Crippen LogP contribution in [0.15, 0.2) is 30.7 Å². The summed E-state index contributed by atoms with van der Waals surface area (Å²) in [6, 6.07) is 1.80. The Bertz CT molecular complexity index is 1120. The second-order valence-electron chi connectivity index (χ2n) is 7.67. The van der Waals surface area contributed by atoms with E-state index in [2.05, 4.69) is 30.4 Å². The van der Waals surface area contributed by atoms with Crippen molar-refractivity contribution in [3.05, 3.63) is 59.2 Å². The molecule has 0 unspecified atom stereocenters. The van der Waals surface area contributed by atoms with Gasteiger partial charge in [-0.25, -0.2) is 15.0 Å². The Kier molecular flexibility index (Phi) is 5.75. The summed E-state index contributed by atoms with van der Waals surface area (Å²) in [7, 11) is 1.90. The predicted molar refractivity (Wildman–Crippen MR) is 117 cm³/mol. The highest BCUT2D eigenvalue weighted by Crippen LogP contribution is 2.32. The lowest BCUT2D eigenvalue weighted by Crippen LogP contribution is -2.29. The van der Waals surface area contributed by atoms with Crippen LogP contribution >= 0.6 is 0 Å². The molecule has 1 amide bonds. The van der Waals surface area contributed by atoms with Crippen LogP contribution in [0.2, 0.25) is 0 Å². The molecule has 0 aliphatic carbocycles. The zero-order chi connectivity index (χ0) is 22.0. The maximum absolute atomic E-state index is 13.0. The second-order valence-corrected chi connectivity index (χ2v) is 7.67. The summed E-state index contributed by atoms with van der Waals surface area (Å²) in [5, 5.41) is 7.57. The maximum Gasteiger partial charge on any atom is 0.247 e. The molecule has 0 bridgehead atoms. The van der Waals surface area contributed by atoms with Crippen LogP contribution in [0.4, 0.5) is 11.6 Å². The Morgan fingerprint density at radius 1 is 1.19 bits per heavy atom. The average molecular weight is 419 g/mol. The number of nitrogens with zero attached hydrogens (tertiary/aromatic N) is 7. The van der Waals surface area contributed by atoms with Gasteiger partial charge in [0.1, 0.15) is 17.5 Å². The summed E-state index contributed by atoms with van der Waals surface area (Å²) in [4.78, 5) is 32.3.